The number of carbonyl (C=O) groups excluding carboxylic acids is 1. The zero-order valence-electron chi connectivity index (χ0n) is 10.6. The van der Waals surface area contributed by atoms with E-state index in [1.807, 2.05) is 5.32 Å². The molecule has 112 valence electrons. The highest BCUT2D eigenvalue weighted by Gasteiger charge is 2.26. The highest BCUT2D eigenvalue weighted by molar-refractivity contribution is 6.42. The second-order valence-electron chi connectivity index (χ2n) is 4.18. The molecule has 1 rings (SSSR count). The number of nitrogens with zero attached hydrogens (tertiary/aromatic N) is 1. The summed E-state index contributed by atoms with van der Waals surface area (Å²) in [6.45, 7) is -1.43. The monoisotopic (exact) mass is 328 g/mol. The molecule has 0 aliphatic rings. The smallest absolute Gasteiger partial charge is 0.340 e. The zero-order chi connectivity index (χ0) is 15.3. The summed E-state index contributed by atoms with van der Waals surface area (Å²) in [5.74, 6) is -0.467. The number of hydrogen-bond donors (Lipinski definition) is 1. The number of carbonyl (C=O) groups is 1. The third-order valence-electron chi connectivity index (χ3n) is 2.47. The van der Waals surface area contributed by atoms with Crippen molar-refractivity contribution in [1.82, 2.24) is 10.2 Å². The standard InChI is InChI=1S/C12H13Cl2F3N2O/c1-19(10(20)5-18-7-12(15,16)17)6-8-3-2-4-9(13)11(8)14/h2-4,18H,5-7H2,1H3. The maximum absolute atomic E-state index is 11.9. The van der Waals surface area contributed by atoms with E-state index in [2.05, 4.69) is 0 Å². The summed E-state index contributed by atoms with van der Waals surface area (Å²) in [7, 11) is 1.48. The zero-order valence-corrected chi connectivity index (χ0v) is 12.1. The number of alkyl halides is 3. The number of halogens is 5. The molecule has 0 spiro atoms. The van der Waals surface area contributed by atoms with Gasteiger partial charge < -0.3 is 10.2 Å². The molecule has 0 fully saturated rings. The van der Waals surface area contributed by atoms with E-state index in [0.717, 1.165) is 0 Å². The molecule has 20 heavy (non-hydrogen) atoms. The molecule has 0 aliphatic heterocycles. The Kier molecular flexibility index (Phi) is 6.10. The topological polar surface area (TPSA) is 32.3 Å². The fourth-order valence-electron chi connectivity index (χ4n) is 1.46. The van der Waals surface area contributed by atoms with Crippen molar-refractivity contribution in [2.24, 2.45) is 0 Å². The first-order valence-corrected chi connectivity index (χ1v) is 6.40. The molecule has 3 nitrogen and oxygen atoms in total. The van der Waals surface area contributed by atoms with E-state index >= 15 is 0 Å². The molecule has 0 unspecified atom stereocenters. The fraction of sp³-hybridized carbons (Fsp3) is 0.417. The maximum Gasteiger partial charge on any atom is 0.401 e. The van der Waals surface area contributed by atoms with E-state index in [4.69, 9.17) is 23.2 Å². The molecule has 1 aromatic rings. The van der Waals surface area contributed by atoms with E-state index in [1.54, 1.807) is 18.2 Å². The minimum atomic E-state index is -4.34. The molecule has 1 aromatic carbocycles. The third kappa shape index (κ3) is 5.56. The second kappa shape index (κ2) is 7.15. The minimum absolute atomic E-state index is 0.173. The van der Waals surface area contributed by atoms with Crippen molar-refractivity contribution in [3.05, 3.63) is 33.8 Å². The van der Waals surface area contributed by atoms with Gasteiger partial charge in [-0.05, 0) is 11.6 Å². The van der Waals surface area contributed by atoms with E-state index in [9.17, 15) is 18.0 Å². The molecule has 0 radical (unpaired) electrons. The molecule has 0 aromatic heterocycles. The van der Waals surface area contributed by atoms with Gasteiger partial charge in [-0.15, -0.1) is 0 Å². The Morgan fingerprint density at radius 3 is 2.60 bits per heavy atom. The fourth-order valence-corrected chi connectivity index (χ4v) is 1.84. The Morgan fingerprint density at radius 2 is 2.00 bits per heavy atom. The van der Waals surface area contributed by atoms with Crippen molar-refractivity contribution in [2.45, 2.75) is 12.7 Å². The van der Waals surface area contributed by atoms with Crippen LogP contribution in [0, 0.1) is 0 Å². The summed E-state index contributed by atoms with van der Waals surface area (Å²) in [5, 5.41) is 2.73. The predicted molar refractivity (Wildman–Crippen MR) is 71.9 cm³/mol. The van der Waals surface area contributed by atoms with Crippen molar-refractivity contribution in [3.63, 3.8) is 0 Å². The van der Waals surface area contributed by atoms with Crippen LogP contribution in [0.4, 0.5) is 13.2 Å². The van der Waals surface area contributed by atoms with Gasteiger partial charge in [0, 0.05) is 13.6 Å². The summed E-state index contributed by atoms with van der Waals surface area (Å²) in [6, 6.07) is 4.99. The lowest BCUT2D eigenvalue weighted by atomic mass is 10.2. The Balaban J connectivity index is 2.52. The van der Waals surface area contributed by atoms with Crippen LogP contribution in [0.1, 0.15) is 5.56 Å². The summed E-state index contributed by atoms with van der Waals surface area (Å²) in [5.41, 5.74) is 0.630. The van der Waals surface area contributed by atoms with Crippen LogP contribution in [-0.2, 0) is 11.3 Å². The second-order valence-corrected chi connectivity index (χ2v) is 4.97. The first kappa shape index (κ1) is 17.1. The first-order chi connectivity index (χ1) is 9.20. The molecular weight excluding hydrogens is 316 g/mol. The van der Waals surface area contributed by atoms with Crippen LogP contribution < -0.4 is 5.32 Å². The van der Waals surface area contributed by atoms with Gasteiger partial charge in [-0.3, -0.25) is 4.79 Å². The summed E-state index contributed by atoms with van der Waals surface area (Å²) < 4.78 is 35.8. The highest BCUT2D eigenvalue weighted by Crippen LogP contribution is 2.26. The predicted octanol–water partition coefficient (Wildman–Crippen LogP) is 3.10. The number of rotatable bonds is 5. The quantitative estimate of drug-likeness (QED) is 0.900. The van der Waals surface area contributed by atoms with Gasteiger partial charge in [0.15, 0.2) is 0 Å². The number of nitrogens with one attached hydrogen (secondary N) is 1. The van der Waals surface area contributed by atoms with E-state index in [-0.39, 0.29) is 6.54 Å². The third-order valence-corrected chi connectivity index (χ3v) is 3.32. The van der Waals surface area contributed by atoms with Gasteiger partial charge in [-0.1, -0.05) is 35.3 Å². The van der Waals surface area contributed by atoms with Gasteiger partial charge in [-0.2, -0.15) is 13.2 Å². The Bertz CT molecular complexity index is 480. The average molecular weight is 329 g/mol. The molecule has 8 heteroatoms. The van der Waals surface area contributed by atoms with Crippen LogP contribution in [0.5, 0.6) is 0 Å². The summed E-state index contributed by atoms with van der Waals surface area (Å²) >= 11 is 11.8. The maximum atomic E-state index is 11.9. The van der Waals surface area contributed by atoms with Crippen LogP contribution in [0.25, 0.3) is 0 Å². The minimum Gasteiger partial charge on any atom is -0.340 e. The molecular formula is C12H13Cl2F3N2O. The van der Waals surface area contributed by atoms with Crippen LogP contribution >= 0.6 is 23.2 Å². The molecule has 0 aliphatic carbocycles. The summed E-state index contributed by atoms with van der Waals surface area (Å²) in [6.07, 6.45) is -4.34. The number of benzene rings is 1. The van der Waals surface area contributed by atoms with Crippen molar-refractivity contribution in [1.29, 1.82) is 0 Å². The Hall–Kier alpha value is -0.980. The van der Waals surface area contributed by atoms with Gasteiger partial charge in [0.25, 0.3) is 0 Å². The number of likely N-dealkylation sites (N-methyl/N-ethyl adjacent to an activating group) is 1. The lowest BCUT2D eigenvalue weighted by molar-refractivity contribution is -0.133. The molecule has 0 bridgehead atoms. The Morgan fingerprint density at radius 1 is 1.35 bits per heavy atom. The van der Waals surface area contributed by atoms with Gasteiger partial charge in [-0.25, -0.2) is 0 Å². The largest absolute Gasteiger partial charge is 0.401 e. The van der Waals surface area contributed by atoms with Crippen LogP contribution in [0.2, 0.25) is 10.0 Å². The molecule has 0 heterocycles. The first-order valence-electron chi connectivity index (χ1n) is 5.65. The lowest BCUT2D eigenvalue weighted by Gasteiger charge is -2.19. The number of hydrogen-bond acceptors (Lipinski definition) is 2. The van der Waals surface area contributed by atoms with Gasteiger partial charge in [0.05, 0.1) is 23.1 Å². The normalized spacial score (nSPS) is 11.5. The molecule has 1 N–H and O–H groups in total. The molecule has 0 saturated carbocycles. The van der Waals surface area contributed by atoms with Gasteiger partial charge >= 0.3 is 6.18 Å². The van der Waals surface area contributed by atoms with Crippen LogP contribution in [-0.4, -0.2) is 37.1 Å². The van der Waals surface area contributed by atoms with E-state index in [1.165, 1.54) is 11.9 Å². The Labute approximate surface area is 124 Å². The highest BCUT2D eigenvalue weighted by atomic mass is 35.5. The van der Waals surface area contributed by atoms with E-state index in [0.29, 0.717) is 15.6 Å². The van der Waals surface area contributed by atoms with E-state index < -0.39 is 25.2 Å². The molecule has 0 saturated heterocycles. The van der Waals surface area contributed by atoms with Crippen molar-refractivity contribution >= 4 is 29.1 Å². The van der Waals surface area contributed by atoms with Gasteiger partial charge in [0.2, 0.25) is 5.91 Å². The van der Waals surface area contributed by atoms with Gasteiger partial charge in [0.1, 0.15) is 0 Å². The SMILES string of the molecule is CN(Cc1cccc(Cl)c1Cl)C(=O)CNCC(F)(F)F. The van der Waals surface area contributed by atoms with Crippen molar-refractivity contribution in [3.8, 4) is 0 Å². The summed E-state index contributed by atoms with van der Waals surface area (Å²) in [4.78, 5) is 12.9. The molecule has 0 atom stereocenters. The van der Waals surface area contributed by atoms with Crippen LogP contribution in [0.3, 0.4) is 0 Å². The number of amides is 1. The lowest BCUT2D eigenvalue weighted by Crippen LogP contribution is -2.39. The van der Waals surface area contributed by atoms with Crippen molar-refractivity contribution < 1.29 is 18.0 Å². The van der Waals surface area contributed by atoms with Crippen molar-refractivity contribution in [2.75, 3.05) is 20.1 Å². The molecule has 1 amide bonds. The average Bonchev–Trinajstić information content (AvgIpc) is 2.33. The van der Waals surface area contributed by atoms with Crippen LogP contribution in [0.15, 0.2) is 18.2 Å².